The van der Waals surface area contributed by atoms with Gasteiger partial charge in [0.2, 0.25) is 0 Å². The van der Waals surface area contributed by atoms with E-state index in [-0.39, 0.29) is 17.6 Å². The quantitative estimate of drug-likeness (QED) is 0.731. The van der Waals surface area contributed by atoms with Crippen molar-refractivity contribution in [2.24, 2.45) is 17.1 Å². The van der Waals surface area contributed by atoms with E-state index in [2.05, 4.69) is 27.7 Å². The molecule has 96 valence electrons. The molecule has 2 unspecified atom stereocenters. The van der Waals surface area contributed by atoms with Crippen molar-refractivity contribution >= 4 is 0 Å². The van der Waals surface area contributed by atoms with Crippen molar-refractivity contribution in [2.75, 3.05) is 6.61 Å². The van der Waals surface area contributed by atoms with Gasteiger partial charge in [-0.25, -0.2) is 0 Å². The van der Waals surface area contributed by atoms with Gasteiger partial charge in [0.25, 0.3) is 0 Å². The molecule has 1 aliphatic rings. The number of ether oxygens (including phenoxy) is 1. The molecule has 1 saturated carbocycles. The maximum absolute atomic E-state index is 6.27. The van der Waals surface area contributed by atoms with Crippen LogP contribution in [0.5, 0.6) is 0 Å². The first-order valence-corrected chi connectivity index (χ1v) is 6.80. The second-order valence-corrected chi connectivity index (χ2v) is 6.35. The average Bonchev–Trinajstić information content (AvgIpc) is 2.18. The van der Waals surface area contributed by atoms with E-state index in [1.807, 2.05) is 0 Å². The van der Waals surface area contributed by atoms with Gasteiger partial charge in [0.15, 0.2) is 0 Å². The van der Waals surface area contributed by atoms with Crippen LogP contribution in [-0.4, -0.2) is 18.8 Å². The van der Waals surface area contributed by atoms with Crippen molar-refractivity contribution in [1.82, 2.24) is 0 Å². The summed E-state index contributed by atoms with van der Waals surface area (Å²) in [6, 6.07) is 0.209. The second-order valence-electron chi connectivity index (χ2n) is 6.35. The number of nitrogens with two attached hydrogens (primary N) is 1. The molecule has 0 heterocycles. The Kier molecular flexibility index (Phi) is 5.26. The van der Waals surface area contributed by atoms with Crippen molar-refractivity contribution < 1.29 is 4.74 Å². The third-order valence-electron chi connectivity index (χ3n) is 3.87. The van der Waals surface area contributed by atoms with Gasteiger partial charge in [-0.3, -0.25) is 0 Å². The molecule has 0 aromatic carbocycles. The van der Waals surface area contributed by atoms with Crippen LogP contribution in [0.2, 0.25) is 0 Å². The van der Waals surface area contributed by atoms with Gasteiger partial charge in [-0.2, -0.15) is 0 Å². The first kappa shape index (κ1) is 14.0. The SMILES string of the molecule is CC(C)CCCOC1CCCC(C)(C)C1N. The molecular weight excluding hydrogens is 198 g/mol. The monoisotopic (exact) mass is 227 g/mol. The lowest BCUT2D eigenvalue weighted by molar-refractivity contribution is -0.0261. The number of hydrogen-bond donors (Lipinski definition) is 1. The largest absolute Gasteiger partial charge is 0.377 e. The molecule has 0 saturated heterocycles. The molecule has 0 bridgehead atoms. The summed E-state index contributed by atoms with van der Waals surface area (Å²) in [7, 11) is 0. The minimum absolute atomic E-state index is 0.209. The van der Waals surface area contributed by atoms with Crippen LogP contribution in [-0.2, 0) is 4.74 Å². The van der Waals surface area contributed by atoms with Crippen LogP contribution in [0.25, 0.3) is 0 Å². The summed E-state index contributed by atoms with van der Waals surface area (Å²) in [5, 5.41) is 0. The van der Waals surface area contributed by atoms with E-state index < -0.39 is 0 Å². The zero-order chi connectivity index (χ0) is 12.2. The fourth-order valence-electron chi connectivity index (χ4n) is 2.52. The van der Waals surface area contributed by atoms with Crippen molar-refractivity contribution in [1.29, 1.82) is 0 Å². The highest BCUT2D eigenvalue weighted by Crippen LogP contribution is 2.35. The summed E-state index contributed by atoms with van der Waals surface area (Å²) in [6.45, 7) is 9.93. The lowest BCUT2D eigenvalue weighted by atomic mass is 9.72. The summed E-state index contributed by atoms with van der Waals surface area (Å²) in [5.74, 6) is 0.778. The zero-order valence-corrected chi connectivity index (χ0v) is 11.5. The van der Waals surface area contributed by atoms with E-state index in [9.17, 15) is 0 Å². The fraction of sp³-hybridized carbons (Fsp3) is 1.00. The summed E-state index contributed by atoms with van der Waals surface area (Å²) >= 11 is 0. The van der Waals surface area contributed by atoms with Crippen LogP contribution >= 0.6 is 0 Å². The molecule has 2 N–H and O–H groups in total. The van der Waals surface area contributed by atoms with E-state index in [0.717, 1.165) is 18.9 Å². The Bertz CT molecular complexity index is 201. The predicted molar refractivity (Wildman–Crippen MR) is 69.4 cm³/mol. The van der Waals surface area contributed by atoms with Crippen LogP contribution < -0.4 is 5.73 Å². The van der Waals surface area contributed by atoms with Crippen LogP contribution in [0.3, 0.4) is 0 Å². The molecule has 2 atom stereocenters. The highest BCUT2D eigenvalue weighted by molar-refractivity contribution is 4.92. The Hall–Kier alpha value is -0.0800. The number of hydrogen-bond acceptors (Lipinski definition) is 2. The minimum Gasteiger partial charge on any atom is -0.377 e. The fourth-order valence-corrected chi connectivity index (χ4v) is 2.52. The standard InChI is InChI=1S/C14H29NO/c1-11(2)7-6-10-16-12-8-5-9-14(3,4)13(12)15/h11-13H,5-10,15H2,1-4H3. The summed E-state index contributed by atoms with van der Waals surface area (Å²) in [5.41, 5.74) is 6.52. The van der Waals surface area contributed by atoms with Crippen LogP contribution in [0, 0.1) is 11.3 Å². The molecule has 1 fully saturated rings. The second kappa shape index (κ2) is 6.02. The summed E-state index contributed by atoms with van der Waals surface area (Å²) in [4.78, 5) is 0. The van der Waals surface area contributed by atoms with E-state index in [0.29, 0.717) is 0 Å². The third kappa shape index (κ3) is 4.06. The van der Waals surface area contributed by atoms with Gasteiger partial charge in [0.1, 0.15) is 0 Å². The minimum atomic E-state index is 0.209. The Balaban J connectivity index is 2.26. The molecule has 1 rings (SSSR count). The van der Waals surface area contributed by atoms with Gasteiger partial charge in [0.05, 0.1) is 6.10 Å². The Morgan fingerprint density at radius 2 is 2.06 bits per heavy atom. The smallest absolute Gasteiger partial charge is 0.0731 e. The number of rotatable bonds is 5. The molecule has 0 amide bonds. The molecule has 2 heteroatoms. The Morgan fingerprint density at radius 3 is 2.69 bits per heavy atom. The normalized spacial score (nSPS) is 29.6. The van der Waals surface area contributed by atoms with Crippen LogP contribution in [0.4, 0.5) is 0 Å². The maximum atomic E-state index is 6.27. The highest BCUT2D eigenvalue weighted by Gasteiger charge is 2.36. The first-order chi connectivity index (χ1) is 7.43. The zero-order valence-electron chi connectivity index (χ0n) is 11.5. The molecule has 16 heavy (non-hydrogen) atoms. The molecule has 0 spiro atoms. The van der Waals surface area contributed by atoms with Gasteiger partial charge < -0.3 is 10.5 Å². The maximum Gasteiger partial charge on any atom is 0.0731 e. The van der Waals surface area contributed by atoms with E-state index in [1.54, 1.807) is 0 Å². The highest BCUT2D eigenvalue weighted by atomic mass is 16.5. The topological polar surface area (TPSA) is 35.2 Å². The molecule has 0 aromatic rings. The van der Waals surface area contributed by atoms with Crippen molar-refractivity contribution in [3.05, 3.63) is 0 Å². The van der Waals surface area contributed by atoms with E-state index in [4.69, 9.17) is 10.5 Å². The molecule has 0 radical (unpaired) electrons. The summed E-state index contributed by atoms with van der Waals surface area (Å²) < 4.78 is 5.96. The Morgan fingerprint density at radius 1 is 1.38 bits per heavy atom. The van der Waals surface area contributed by atoms with Crippen LogP contribution in [0.15, 0.2) is 0 Å². The molecule has 0 aromatic heterocycles. The van der Waals surface area contributed by atoms with Gasteiger partial charge in [-0.1, -0.05) is 34.1 Å². The van der Waals surface area contributed by atoms with Gasteiger partial charge in [0, 0.05) is 12.6 Å². The van der Waals surface area contributed by atoms with Gasteiger partial charge in [-0.05, 0) is 37.0 Å². The molecule has 0 aliphatic heterocycles. The van der Waals surface area contributed by atoms with Gasteiger partial charge >= 0.3 is 0 Å². The van der Waals surface area contributed by atoms with Crippen LogP contribution in [0.1, 0.15) is 59.8 Å². The molecular formula is C14H29NO. The molecule has 2 nitrogen and oxygen atoms in total. The van der Waals surface area contributed by atoms with Crippen molar-refractivity contribution in [3.8, 4) is 0 Å². The van der Waals surface area contributed by atoms with E-state index >= 15 is 0 Å². The third-order valence-corrected chi connectivity index (χ3v) is 3.87. The van der Waals surface area contributed by atoms with E-state index in [1.165, 1.54) is 25.7 Å². The Labute approximate surface area is 101 Å². The predicted octanol–water partition coefficient (Wildman–Crippen LogP) is 3.35. The first-order valence-electron chi connectivity index (χ1n) is 6.80. The summed E-state index contributed by atoms with van der Waals surface area (Å²) in [6.07, 6.45) is 6.35. The average molecular weight is 227 g/mol. The lowest BCUT2D eigenvalue weighted by Crippen LogP contribution is -2.50. The lowest BCUT2D eigenvalue weighted by Gasteiger charge is -2.41. The molecule has 1 aliphatic carbocycles. The van der Waals surface area contributed by atoms with Gasteiger partial charge in [-0.15, -0.1) is 0 Å². The van der Waals surface area contributed by atoms with Crippen molar-refractivity contribution in [3.63, 3.8) is 0 Å². The van der Waals surface area contributed by atoms with Crippen molar-refractivity contribution in [2.45, 2.75) is 71.9 Å².